The van der Waals surface area contributed by atoms with Crippen LogP contribution in [0.3, 0.4) is 0 Å². The minimum atomic E-state index is 0.862. The third-order valence-electron chi connectivity index (χ3n) is 7.20. The Labute approximate surface area is 162 Å². The molecule has 0 bridgehead atoms. The van der Waals surface area contributed by atoms with Crippen LogP contribution in [0.4, 0.5) is 0 Å². The third kappa shape index (κ3) is 6.00. The average Bonchev–Trinajstić information content (AvgIpc) is 2.68. The molecule has 0 heteroatoms. The van der Waals surface area contributed by atoms with Crippen molar-refractivity contribution in [2.45, 2.75) is 90.9 Å². The fraction of sp³-hybridized carbons (Fsp3) is 0.692. The van der Waals surface area contributed by atoms with E-state index in [2.05, 4.69) is 50.3 Å². The van der Waals surface area contributed by atoms with Gasteiger partial charge in [-0.25, -0.2) is 0 Å². The molecule has 144 valence electrons. The van der Waals surface area contributed by atoms with Crippen LogP contribution in [-0.2, 0) is 6.42 Å². The highest BCUT2D eigenvalue weighted by atomic mass is 14.3. The Morgan fingerprint density at radius 3 is 2.08 bits per heavy atom. The first-order valence-electron chi connectivity index (χ1n) is 11.5. The summed E-state index contributed by atoms with van der Waals surface area (Å²) in [5.74, 6) is 4.04. The molecule has 26 heavy (non-hydrogen) atoms. The SMILES string of the molecule is CCCC1CCC(C2CCC(/C=C/CCc3ccc(C)cc3)CC2)CC1. The van der Waals surface area contributed by atoms with Gasteiger partial charge in [0.2, 0.25) is 0 Å². The molecule has 0 amide bonds. The summed E-state index contributed by atoms with van der Waals surface area (Å²) in [5, 5.41) is 0. The van der Waals surface area contributed by atoms with Crippen molar-refractivity contribution in [1.82, 2.24) is 0 Å². The summed E-state index contributed by atoms with van der Waals surface area (Å²) in [6.45, 7) is 4.51. The zero-order valence-corrected chi connectivity index (χ0v) is 17.3. The largest absolute Gasteiger partial charge is 0.0879 e. The molecule has 0 aromatic heterocycles. The van der Waals surface area contributed by atoms with E-state index < -0.39 is 0 Å². The highest BCUT2D eigenvalue weighted by Gasteiger charge is 2.29. The number of hydrogen-bond acceptors (Lipinski definition) is 0. The van der Waals surface area contributed by atoms with Crippen molar-refractivity contribution in [2.24, 2.45) is 23.7 Å². The van der Waals surface area contributed by atoms with Crippen molar-refractivity contribution < 1.29 is 0 Å². The number of benzene rings is 1. The van der Waals surface area contributed by atoms with Crippen LogP contribution in [0.1, 0.15) is 88.7 Å². The third-order valence-corrected chi connectivity index (χ3v) is 7.20. The molecule has 2 aliphatic carbocycles. The van der Waals surface area contributed by atoms with Crippen molar-refractivity contribution in [1.29, 1.82) is 0 Å². The molecule has 2 aliphatic rings. The minimum Gasteiger partial charge on any atom is -0.0879 e. The Kier molecular flexibility index (Phi) is 7.84. The maximum absolute atomic E-state index is 2.54. The molecule has 2 saturated carbocycles. The van der Waals surface area contributed by atoms with Gasteiger partial charge in [0.1, 0.15) is 0 Å². The van der Waals surface area contributed by atoms with Crippen LogP contribution in [0.2, 0.25) is 0 Å². The standard InChI is InChI=1S/C26H40/c1-3-6-22-13-17-25(18-14-22)26-19-15-24(16-20-26)8-5-4-7-23-11-9-21(2)10-12-23/h5,8-12,22,24-26H,3-4,6-7,13-20H2,1-2H3/b8-5+. The summed E-state index contributed by atoms with van der Waals surface area (Å²) in [7, 11) is 0. The van der Waals surface area contributed by atoms with Gasteiger partial charge in [0.15, 0.2) is 0 Å². The zero-order chi connectivity index (χ0) is 18.2. The normalized spacial score (nSPS) is 29.9. The summed E-state index contributed by atoms with van der Waals surface area (Å²) in [5.41, 5.74) is 2.84. The molecule has 0 aliphatic heterocycles. The van der Waals surface area contributed by atoms with E-state index in [0.29, 0.717) is 0 Å². The van der Waals surface area contributed by atoms with Gasteiger partial charge >= 0.3 is 0 Å². The Morgan fingerprint density at radius 2 is 1.46 bits per heavy atom. The van der Waals surface area contributed by atoms with Crippen LogP contribution in [0.5, 0.6) is 0 Å². The lowest BCUT2D eigenvalue weighted by molar-refractivity contribution is 0.152. The first kappa shape index (κ1) is 19.7. The van der Waals surface area contributed by atoms with E-state index in [1.54, 1.807) is 0 Å². The second-order valence-corrected chi connectivity index (χ2v) is 9.20. The summed E-state index contributed by atoms with van der Waals surface area (Å²) in [6, 6.07) is 9.03. The maximum Gasteiger partial charge on any atom is -0.0233 e. The Morgan fingerprint density at radius 1 is 0.846 bits per heavy atom. The number of rotatable bonds is 7. The molecule has 0 spiro atoms. The molecule has 1 aromatic rings. The molecular weight excluding hydrogens is 312 g/mol. The summed E-state index contributed by atoms with van der Waals surface area (Å²) < 4.78 is 0. The fourth-order valence-electron chi connectivity index (χ4n) is 5.46. The zero-order valence-electron chi connectivity index (χ0n) is 17.3. The monoisotopic (exact) mass is 352 g/mol. The van der Waals surface area contributed by atoms with E-state index in [4.69, 9.17) is 0 Å². The number of hydrogen-bond donors (Lipinski definition) is 0. The Bertz CT molecular complexity index is 522. The molecule has 0 nitrogen and oxygen atoms in total. The van der Waals surface area contributed by atoms with Crippen molar-refractivity contribution in [3.05, 3.63) is 47.5 Å². The van der Waals surface area contributed by atoms with Gasteiger partial charge in [-0.05, 0) is 87.5 Å². The molecule has 1 aromatic carbocycles. The second-order valence-electron chi connectivity index (χ2n) is 9.20. The molecule has 3 rings (SSSR count). The smallest absolute Gasteiger partial charge is 0.0233 e. The van der Waals surface area contributed by atoms with Crippen molar-refractivity contribution in [3.63, 3.8) is 0 Å². The van der Waals surface area contributed by atoms with Gasteiger partial charge < -0.3 is 0 Å². The average molecular weight is 353 g/mol. The highest BCUT2D eigenvalue weighted by Crippen LogP contribution is 2.42. The second kappa shape index (κ2) is 10.3. The van der Waals surface area contributed by atoms with Crippen LogP contribution in [0.15, 0.2) is 36.4 Å². The lowest BCUT2D eigenvalue weighted by atomic mass is 9.68. The Hall–Kier alpha value is -1.04. The van der Waals surface area contributed by atoms with Crippen molar-refractivity contribution in [2.75, 3.05) is 0 Å². The van der Waals surface area contributed by atoms with Crippen LogP contribution < -0.4 is 0 Å². The fourth-order valence-corrected chi connectivity index (χ4v) is 5.46. The lowest BCUT2D eigenvalue weighted by Gasteiger charge is -2.37. The van der Waals surface area contributed by atoms with Gasteiger partial charge in [0.05, 0.1) is 0 Å². The molecule has 2 fully saturated rings. The number of aryl methyl sites for hydroxylation is 2. The summed E-state index contributed by atoms with van der Waals surface area (Å²) in [6.07, 6.45) is 22.3. The van der Waals surface area contributed by atoms with Gasteiger partial charge in [0, 0.05) is 0 Å². The molecule has 0 heterocycles. The molecule has 0 unspecified atom stereocenters. The lowest BCUT2D eigenvalue weighted by Crippen LogP contribution is -2.25. The maximum atomic E-state index is 2.54. The van der Waals surface area contributed by atoms with E-state index in [1.165, 1.54) is 88.2 Å². The first-order chi connectivity index (χ1) is 12.7. The van der Waals surface area contributed by atoms with E-state index in [0.717, 1.165) is 23.7 Å². The van der Waals surface area contributed by atoms with E-state index in [-0.39, 0.29) is 0 Å². The first-order valence-corrected chi connectivity index (χ1v) is 11.5. The van der Waals surface area contributed by atoms with Gasteiger partial charge in [-0.3, -0.25) is 0 Å². The van der Waals surface area contributed by atoms with Gasteiger partial charge in [0.25, 0.3) is 0 Å². The van der Waals surface area contributed by atoms with Crippen LogP contribution in [-0.4, -0.2) is 0 Å². The van der Waals surface area contributed by atoms with E-state index in [9.17, 15) is 0 Å². The highest BCUT2D eigenvalue weighted by molar-refractivity contribution is 5.21. The predicted molar refractivity (Wildman–Crippen MR) is 114 cm³/mol. The molecule has 0 N–H and O–H groups in total. The Balaban J connectivity index is 1.33. The van der Waals surface area contributed by atoms with Gasteiger partial charge in [-0.2, -0.15) is 0 Å². The molecule has 0 saturated heterocycles. The van der Waals surface area contributed by atoms with Gasteiger partial charge in [-0.15, -0.1) is 0 Å². The van der Waals surface area contributed by atoms with E-state index in [1.807, 2.05) is 0 Å². The van der Waals surface area contributed by atoms with Crippen molar-refractivity contribution in [3.8, 4) is 0 Å². The quantitative estimate of drug-likeness (QED) is 0.437. The number of allylic oxidation sites excluding steroid dienone is 2. The molecule has 0 radical (unpaired) electrons. The molecular formula is C26H40. The predicted octanol–water partition coefficient (Wildman–Crippen LogP) is 7.90. The molecule has 0 atom stereocenters. The van der Waals surface area contributed by atoms with Crippen LogP contribution in [0.25, 0.3) is 0 Å². The summed E-state index contributed by atoms with van der Waals surface area (Å²) in [4.78, 5) is 0. The summed E-state index contributed by atoms with van der Waals surface area (Å²) >= 11 is 0. The van der Waals surface area contributed by atoms with Gasteiger partial charge in [-0.1, -0.05) is 74.6 Å². The topological polar surface area (TPSA) is 0 Å². The minimum absolute atomic E-state index is 0.862. The van der Waals surface area contributed by atoms with Crippen molar-refractivity contribution >= 4 is 0 Å². The van der Waals surface area contributed by atoms with Crippen LogP contribution in [0, 0.1) is 30.6 Å². The van der Waals surface area contributed by atoms with E-state index >= 15 is 0 Å². The van der Waals surface area contributed by atoms with Crippen LogP contribution >= 0.6 is 0 Å².